The molecule has 0 N–H and O–H groups in total. The molecule has 0 aromatic rings. The van der Waals surface area contributed by atoms with Gasteiger partial charge >= 0.3 is 0 Å². The van der Waals surface area contributed by atoms with Crippen LogP contribution in [0.25, 0.3) is 0 Å². The number of rotatable bonds is 0. The SMILES string of the molecule is CC(=O)N=S(C)(=O)C(C)(C)C. The van der Waals surface area contributed by atoms with Crippen LogP contribution in [-0.2, 0) is 14.5 Å². The molecule has 1 unspecified atom stereocenters. The molecule has 0 heterocycles. The molecule has 0 spiro atoms. The summed E-state index contributed by atoms with van der Waals surface area (Å²) in [7, 11) is -2.37. The summed E-state index contributed by atoms with van der Waals surface area (Å²) < 4.78 is 14.8. The molecule has 1 atom stereocenters. The molecule has 0 aromatic heterocycles. The van der Waals surface area contributed by atoms with Crippen molar-refractivity contribution in [3.63, 3.8) is 0 Å². The van der Waals surface area contributed by atoms with Gasteiger partial charge in [0, 0.05) is 17.9 Å². The number of hydrogen-bond acceptors (Lipinski definition) is 2. The Labute approximate surface area is 68.4 Å². The normalized spacial score (nSPS) is 17.2. The van der Waals surface area contributed by atoms with Crippen molar-refractivity contribution in [3.05, 3.63) is 0 Å². The van der Waals surface area contributed by atoms with E-state index >= 15 is 0 Å². The summed E-state index contributed by atoms with van der Waals surface area (Å²) in [6.45, 7) is 6.74. The highest BCUT2D eigenvalue weighted by atomic mass is 32.2. The molecule has 66 valence electrons. The van der Waals surface area contributed by atoms with E-state index in [-0.39, 0.29) is 5.91 Å². The standard InChI is InChI=1S/C7H15NO2S/c1-6(9)8-11(5,10)7(2,3)4/h1-5H3. The van der Waals surface area contributed by atoms with Crippen LogP contribution in [-0.4, -0.2) is 21.1 Å². The summed E-state index contributed by atoms with van der Waals surface area (Å²) in [6, 6.07) is 0. The molecular formula is C7H15NO2S. The van der Waals surface area contributed by atoms with Crippen molar-refractivity contribution >= 4 is 15.6 Å². The summed E-state index contributed by atoms with van der Waals surface area (Å²) in [4.78, 5) is 10.6. The highest BCUT2D eigenvalue weighted by molar-refractivity contribution is 7.94. The first-order chi connectivity index (χ1) is 4.67. The van der Waals surface area contributed by atoms with E-state index in [1.807, 2.05) is 20.8 Å². The maximum absolute atomic E-state index is 11.6. The van der Waals surface area contributed by atoms with Crippen LogP contribution >= 0.6 is 0 Å². The van der Waals surface area contributed by atoms with Crippen LogP contribution < -0.4 is 0 Å². The Bertz CT molecular complexity index is 267. The molecule has 0 aliphatic carbocycles. The van der Waals surface area contributed by atoms with Crippen molar-refractivity contribution in [2.45, 2.75) is 32.4 Å². The second-order valence-corrected chi connectivity index (χ2v) is 6.54. The fourth-order valence-electron chi connectivity index (χ4n) is 0.382. The van der Waals surface area contributed by atoms with Gasteiger partial charge in [0.2, 0.25) is 0 Å². The average Bonchev–Trinajstić information content (AvgIpc) is 1.56. The van der Waals surface area contributed by atoms with Gasteiger partial charge in [-0.3, -0.25) is 4.79 Å². The van der Waals surface area contributed by atoms with Gasteiger partial charge in [-0.25, -0.2) is 4.21 Å². The zero-order valence-electron chi connectivity index (χ0n) is 7.67. The van der Waals surface area contributed by atoms with Crippen LogP contribution in [0.3, 0.4) is 0 Å². The van der Waals surface area contributed by atoms with Crippen molar-refractivity contribution in [2.24, 2.45) is 4.36 Å². The lowest BCUT2D eigenvalue weighted by molar-refractivity contribution is -0.115. The van der Waals surface area contributed by atoms with Crippen LogP contribution in [0.1, 0.15) is 27.7 Å². The Hall–Kier alpha value is -0.380. The molecule has 0 radical (unpaired) electrons. The van der Waals surface area contributed by atoms with Crippen LogP contribution in [0, 0.1) is 0 Å². The molecule has 0 rings (SSSR count). The van der Waals surface area contributed by atoms with E-state index in [2.05, 4.69) is 4.36 Å². The summed E-state index contributed by atoms with van der Waals surface area (Å²) in [5, 5.41) is 0. The predicted octanol–water partition coefficient (Wildman–Crippen LogP) is 1.43. The van der Waals surface area contributed by atoms with Crippen LogP contribution in [0.2, 0.25) is 0 Å². The van der Waals surface area contributed by atoms with Gasteiger partial charge in [0.15, 0.2) is 0 Å². The Morgan fingerprint density at radius 3 is 1.82 bits per heavy atom. The van der Waals surface area contributed by atoms with Gasteiger partial charge in [0.1, 0.15) is 0 Å². The number of hydrogen-bond donors (Lipinski definition) is 0. The van der Waals surface area contributed by atoms with Crippen LogP contribution in [0.5, 0.6) is 0 Å². The van der Waals surface area contributed by atoms with Crippen molar-refractivity contribution < 1.29 is 9.00 Å². The Balaban J connectivity index is 5.06. The third kappa shape index (κ3) is 3.01. The monoisotopic (exact) mass is 177 g/mol. The molecule has 0 aromatic carbocycles. The van der Waals surface area contributed by atoms with Crippen LogP contribution in [0.4, 0.5) is 0 Å². The van der Waals surface area contributed by atoms with Gasteiger partial charge in [-0.15, -0.1) is 0 Å². The van der Waals surface area contributed by atoms with Gasteiger partial charge in [-0.1, -0.05) is 0 Å². The lowest BCUT2D eigenvalue weighted by Crippen LogP contribution is -2.26. The van der Waals surface area contributed by atoms with E-state index in [1.165, 1.54) is 13.2 Å². The van der Waals surface area contributed by atoms with Gasteiger partial charge in [-0.2, -0.15) is 4.36 Å². The highest BCUT2D eigenvalue weighted by Gasteiger charge is 2.22. The molecule has 1 amide bonds. The lowest BCUT2D eigenvalue weighted by atomic mass is 10.3. The second-order valence-electron chi connectivity index (χ2n) is 3.53. The third-order valence-electron chi connectivity index (χ3n) is 1.44. The average molecular weight is 177 g/mol. The van der Waals surface area contributed by atoms with E-state index < -0.39 is 14.5 Å². The molecule has 4 heteroatoms. The van der Waals surface area contributed by atoms with Gasteiger partial charge in [0.25, 0.3) is 5.91 Å². The maximum atomic E-state index is 11.6. The lowest BCUT2D eigenvalue weighted by Gasteiger charge is -2.19. The predicted molar refractivity (Wildman–Crippen MR) is 46.9 cm³/mol. The quantitative estimate of drug-likeness (QED) is 0.562. The van der Waals surface area contributed by atoms with Gasteiger partial charge in [-0.05, 0) is 20.8 Å². The minimum absolute atomic E-state index is 0.368. The summed E-state index contributed by atoms with van der Waals surface area (Å²) >= 11 is 0. The smallest absolute Gasteiger partial charge is 0.250 e. The Morgan fingerprint density at radius 2 is 1.73 bits per heavy atom. The van der Waals surface area contributed by atoms with Gasteiger partial charge in [0.05, 0.1) is 9.73 Å². The molecule has 0 saturated heterocycles. The minimum Gasteiger partial charge on any atom is -0.272 e. The first kappa shape index (κ1) is 10.6. The molecular weight excluding hydrogens is 162 g/mol. The summed E-state index contributed by atoms with van der Waals surface area (Å²) in [5.41, 5.74) is 0. The zero-order valence-corrected chi connectivity index (χ0v) is 8.49. The van der Waals surface area contributed by atoms with Crippen molar-refractivity contribution in [2.75, 3.05) is 6.26 Å². The first-order valence-electron chi connectivity index (χ1n) is 3.39. The summed E-state index contributed by atoms with van der Waals surface area (Å²) in [5.74, 6) is -0.368. The Kier molecular flexibility index (Phi) is 2.83. The topological polar surface area (TPSA) is 46.5 Å². The van der Waals surface area contributed by atoms with Gasteiger partial charge < -0.3 is 0 Å². The van der Waals surface area contributed by atoms with Crippen molar-refractivity contribution in [1.82, 2.24) is 0 Å². The highest BCUT2D eigenvalue weighted by Crippen LogP contribution is 2.15. The molecule has 0 fully saturated rings. The maximum Gasteiger partial charge on any atom is 0.250 e. The fraction of sp³-hybridized carbons (Fsp3) is 0.857. The van der Waals surface area contributed by atoms with E-state index in [4.69, 9.17) is 0 Å². The molecule has 0 aliphatic rings. The second kappa shape index (κ2) is 2.93. The van der Waals surface area contributed by atoms with E-state index in [0.29, 0.717) is 0 Å². The summed E-state index contributed by atoms with van der Waals surface area (Å²) in [6.07, 6.45) is 1.51. The molecule has 0 aliphatic heterocycles. The largest absolute Gasteiger partial charge is 0.272 e. The zero-order chi connectivity index (χ0) is 9.28. The van der Waals surface area contributed by atoms with E-state index in [9.17, 15) is 9.00 Å². The van der Waals surface area contributed by atoms with E-state index in [0.717, 1.165) is 0 Å². The minimum atomic E-state index is -2.37. The number of carbonyl (C=O) groups excluding carboxylic acids is 1. The number of nitrogens with zero attached hydrogens (tertiary/aromatic N) is 1. The number of amides is 1. The third-order valence-corrected chi connectivity index (χ3v) is 4.32. The van der Waals surface area contributed by atoms with Crippen molar-refractivity contribution in [3.8, 4) is 0 Å². The molecule has 11 heavy (non-hydrogen) atoms. The number of carbonyl (C=O) groups is 1. The first-order valence-corrected chi connectivity index (χ1v) is 5.31. The molecule has 0 bridgehead atoms. The Morgan fingerprint density at radius 1 is 1.36 bits per heavy atom. The van der Waals surface area contributed by atoms with Crippen molar-refractivity contribution in [1.29, 1.82) is 0 Å². The fourth-order valence-corrected chi connectivity index (χ4v) is 1.15. The molecule has 0 saturated carbocycles. The van der Waals surface area contributed by atoms with E-state index in [1.54, 1.807) is 0 Å². The molecule has 3 nitrogen and oxygen atoms in total. The van der Waals surface area contributed by atoms with Crippen LogP contribution in [0.15, 0.2) is 4.36 Å².